The predicted molar refractivity (Wildman–Crippen MR) is 134 cm³/mol. The molecule has 3 aromatic rings. The highest BCUT2D eigenvalue weighted by Gasteiger charge is 2.33. The lowest BCUT2D eigenvalue weighted by atomic mass is 9.96. The number of hydrogen-bond donors (Lipinski definition) is 2. The maximum atomic E-state index is 13.1. The largest absolute Gasteiger partial charge is 0.484 e. The molecule has 3 heterocycles. The Morgan fingerprint density at radius 2 is 2.11 bits per heavy atom. The van der Waals surface area contributed by atoms with Gasteiger partial charge in [0.25, 0.3) is 5.91 Å². The topological polar surface area (TPSA) is 98.1 Å². The van der Waals surface area contributed by atoms with Crippen LogP contribution in [0.3, 0.4) is 0 Å². The van der Waals surface area contributed by atoms with Crippen LogP contribution in [0.4, 0.5) is 19.0 Å². The second-order valence-electron chi connectivity index (χ2n) is 8.72. The van der Waals surface area contributed by atoms with E-state index in [0.717, 1.165) is 11.1 Å². The molecule has 1 aliphatic heterocycles. The third-order valence-electron chi connectivity index (χ3n) is 5.69. The second-order valence-corrected chi connectivity index (χ2v) is 9.59. The summed E-state index contributed by atoms with van der Waals surface area (Å²) in [6.07, 6.45) is 0.557. The van der Waals surface area contributed by atoms with Crippen molar-refractivity contribution in [3.8, 4) is 11.6 Å². The van der Waals surface area contributed by atoms with Crippen LogP contribution in [0.2, 0.25) is 0 Å². The van der Waals surface area contributed by atoms with E-state index in [1.807, 2.05) is 19.2 Å². The SMILES string of the molecule is CSCC(=O)Nc1c2c(nn1-c1ccc(C)cn1)CC(CCc1cccc(OCC(F)(F)F)c1)NC2=O. The van der Waals surface area contributed by atoms with E-state index in [1.54, 1.807) is 30.5 Å². The first kappa shape index (κ1) is 26.5. The van der Waals surface area contributed by atoms with Crippen LogP contribution in [-0.2, 0) is 17.6 Å². The van der Waals surface area contributed by atoms with Gasteiger partial charge in [-0.1, -0.05) is 18.2 Å². The van der Waals surface area contributed by atoms with Gasteiger partial charge >= 0.3 is 6.18 Å². The Balaban J connectivity index is 1.52. The summed E-state index contributed by atoms with van der Waals surface area (Å²) >= 11 is 1.36. The maximum Gasteiger partial charge on any atom is 0.422 e. The lowest BCUT2D eigenvalue weighted by Crippen LogP contribution is -2.41. The molecular weight excluding hydrogens is 507 g/mol. The van der Waals surface area contributed by atoms with Crippen LogP contribution < -0.4 is 15.4 Å². The van der Waals surface area contributed by atoms with E-state index in [0.29, 0.717) is 36.3 Å². The van der Waals surface area contributed by atoms with Gasteiger partial charge in [0.1, 0.15) is 11.3 Å². The number of anilines is 1. The zero-order valence-electron chi connectivity index (χ0n) is 20.3. The minimum Gasteiger partial charge on any atom is -0.484 e. The number of pyridine rings is 1. The number of rotatable bonds is 9. The summed E-state index contributed by atoms with van der Waals surface area (Å²) in [7, 11) is 0. The summed E-state index contributed by atoms with van der Waals surface area (Å²) in [4.78, 5) is 29.9. The van der Waals surface area contributed by atoms with Gasteiger partial charge in [0.05, 0.1) is 11.4 Å². The van der Waals surface area contributed by atoms with Gasteiger partial charge in [0, 0.05) is 18.7 Å². The van der Waals surface area contributed by atoms with E-state index < -0.39 is 12.8 Å². The predicted octanol–water partition coefficient (Wildman–Crippen LogP) is 4.11. The van der Waals surface area contributed by atoms with Crippen molar-refractivity contribution >= 4 is 29.4 Å². The number of aryl methyl sites for hydroxylation is 2. The molecule has 1 unspecified atom stereocenters. The van der Waals surface area contributed by atoms with Crippen molar-refractivity contribution in [3.05, 3.63) is 65.0 Å². The molecule has 0 spiro atoms. The van der Waals surface area contributed by atoms with E-state index in [2.05, 4.69) is 20.7 Å². The number of alkyl halides is 3. The van der Waals surface area contributed by atoms with Crippen molar-refractivity contribution in [2.24, 2.45) is 0 Å². The number of aromatic nitrogens is 3. The fraction of sp³-hybridized carbons (Fsp3) is 0.360. The van der Waals surface area contributed by atoms with E-state index in [1.165, 1.54) is 22.5 Å². The van der Waals surface area contributed by atoms with Crippen molar-refractivity contribution in [3.63, 3.8) is 0 Å². The van der Waals surface area contributed by atoms with Crippen LogP contribution in [0.5, 0.6) is 5.75 Å². The van der Waals surface area contributed by atoms with E-state index >= 15 is 0 Å². The minimum absolute atomic E-state index is 0.139. The van der Waals surface area contributed by atoms with Crippen molar-refractivity contribution in [2.75, 3.05) is 23.9 Å². The molecule has 0 saturated carbocycles. The third-order valence-corrected chi connectivity index (χ3v) is 6.24. The molecule has 0 fully saturated rings. The fourth-order valence-electron chi connectivity index (χ4n) is 4.02. The Hall–Kier alpha value is -3.54. The minimum atomic E-state index is -4.41. The quantitative estimate of drug-likeness (QED) is 0.430. The zero-order valence-corrected chi connectivity index (χ0v) is 21.1. The molecule has 196 valence electrons. The summed E-state index contributed by atoms with van der Waals surface area (Å²) in [5, 5.41) is 10.4. The molecule has 1 aliphatic rings. The normalized spacial score (nSPS) is 15.2. The molecule has 1 atom stereocenters. The number of nitrogens with zero attached hydrogens (tertiary/aromatic N) is 3. The Kier molecular flexibility index (Phi) is 8.06. The van der Waals surface area contributed by atoms with Crippen LogP contribution in [0.15, 0.2) is 42.6 Å². The van der Waals surface area contributed by atoms with Crippen molar-refractivity contribution < 1.29 is 27.5 Å². The molecule has 1 aromatic carbocycles. The van der Waals surface area contributed by atoms with Gasteiger partial charge in [-0.25, -0.2) is 4.98 Å². The van der Waals surface area contributed by atoms with Crippen LogP contribution in [0, 0.1) is 6.92 Å². The van der Waals surface area contributed by atoms with Gasteiger partial charge in [-0.2, -0.15) is 34.7 Å². The number of ether oxygens (including phenoxy) is 1. The molecule has 4 rings (SSSR count). The smallest absolute Gasteiger partial charge is 0.422 e. The summed E-state index contributed by atoms with van der Waals surface area (Å²) in [6.45, 7) is 0.550. The number of amides is 2. The van der Waals surface area contributed by atoms with Crippen LogP contribution in [0.1, 0.15) is 33.6 Å². The number of halogens is 3. The lowest BCUT2D eigenvalue weighted by Gasteiger charge is -2.23. The number of carbonyl (C=O) groups is 2. The zero-order chi connectivity index (χ0) is 26.6. The fourth-order valence-corrected chi connectivity index (χ4v) is 4.36. The highest BCUT2D eigenvalue weighted by molar-refractivity contribution is 7.99. The monoisotopic (exact) mass is 533 g/mol. The average molecular weight is 534 g/mol. The molecule has 2 amide bonds. The van der Waals surface area contributed by atoms with Gasteiger partial charge in [-0.3, -0.25) is 9.59 Å². The van der Waals surface area contributed by atoms with Gasteiger partial charge < -0.3 is 15.4 Å². The van der Waals surface area contributed by atoms with E-state index in [-0.39, 0.29) is 35.2 Å². The number of nitrogens with one attached hydrogen (secondary N) is 2. The Morgan fingerprint density at radius 3 is 2.81 bits per heavy atom. The molecule has 2 aromatic heterocycles. The Bertz CT molecular complexity index is 1280. The number of carbonyl (C=O) groups excluding carboxylic acids is 2. The first-order valence-electron chi connectivity index (χ1n) is 11.6. The molecule has 12 heteroatoms. The highest BCUT2D eigenvalue weighted by atomic mass is 32.2. The van der Waals surface area contributed by atoms with Crippen molar-refractivity contribution in [1.29, 1.82) is 0 Å². The first-order valence-corrected chi connectivity index (χ1v) is 13.0. The molecule has 37 heavy (non-hydrogen) atoms. The van der Waals surface area contributed by atoms with Crippen LogP contribution in [-0.4, -0.2) is 57.4 Å². The van der Waals surface area contributed by atoms with Crippen molar-refractivity contribution in [1.82, 2.24) is 20.1 Å². The summed E-state index contributed by atoms with van der Waals surface area (Å²) in [5.74, 6) is 0.490. The van der Waals surface area contributed by atoms with Crippen LogP contribution >= 0.6 is 11.8 Å². The Morgan fingerprint density at radius 1 is 1.30 bits per heavy atom. The number of hydrogen-bond acceptors (Lipinski definition) is 6. The number of thioether (sulfide) groups is 1. The van der Waals surface area contributed by atoms with Crippen molar-refractivity contribution in [2.45, 2.75) is 38.4 Å². The van der Waals surface area contributed by atoms with Crippen LogP contribution in [0.25, 0.3) is 5.82 Å². The summed E-state index contributed by atoms with van der Waals surface area (Å²) in [5.41, 5.74) is 2.59. The highest BCUT2D eigenvalue weighted by Crippen LogP contribution is 2.29. The third kappa shape index (κ3) is 6.82. The maximum absolute atomic E-state index is 13.1. The van der Waals surface area contributed by atoms with Gasteiger partial charge in [0.15, 0.2) is 18.2 Å². The van der Waals surface area contributed by atoms with E-state index in [9.17, 15) is 22.8 Å². The summed E-state index contributed by atoms with van der Waals surface area (Å²) < 4.78 is 43.7. The Labute approximate surface area is 216 Å². The first-order chi connectivity index (χ1) is 17.6. The molecule has 8 nitrogen and oxygen atoms in total. The van der Waals surface area contributed by atoms with E-state index in [4.69, 9.17) is 4.74 Å². The number of fused-ring (bicyclic) bond motifs is 1. The molecule has 0 radical (unpaired) electrons. The van der Waals surface area contributed by atoms with Gasteiger partial charge in [-0.15, -0.1) is 0 Å². The molecule has 0 aliphatic carbocycles. The average Bonchev–Trinajstić information content (AvgIpc) is 3.20. The molecule has 2 N–H and O–H groups in total. The molecular formula is C25H26F3N5O3S. The molecule has 0 saturated heterocycles. The lowest BCUT2D eigenvalue weighted by molar-refractivity contribution is -0.153. The van der Waals surface area contributed by atoms with Gasteiger partial charge in [0.2, 0.25) is 5.91 Å². The standard InChI is InChI=1S/C25H26F3N5O3S/c1-15-6-9-20(29-12-15)33-23(31-21(34)13-37-2)22-19(32-33)11-17(30-24(22)35)8-7-16-4-3-5-18(10-16)36-14-25(26,27)28/h3-6,9-10,12,17H,7-8,11,13-14H2,1-2H3,(H,30,35)(H,31,34). The van der Waals surface area contributed by atoms with Gasteiger partial charge in [-0.05, 0) is 55.3 Å². The summed E-state index contributed by atoms with van der Waals surface area (Å²) in [6, 6.07) is 9.87. The second kappa shape index (κ2) is 11.2. The number of benzene rings is 1. The molecule has 0 bridgehead atoms.